The van der Waals surface area contributed by atoms with E-state index in [0.717, 1.165) is 6.20 Å². The summed E-state index contributed by atoms with van der Waals surface area (Å²) >= 11 is 0. The average molecular weight is 509 g/mol. The molecule has 3 rings (SSSR count). The Morgan fingerprint density at radius 1 is 1.08 bits per heavy atom. The fourth-order valence-electron chi connectivity index (χ4n) is 3.35. The third kappa shape index (κ3) is 7.17. The molecule has 0 bridgehead atoms. The van der Waals surface area contributed by atoms with E-state index < -0.39 is 23.7 Å². The Bertz CT molecular complexity index is 1270. The zero-order chi connectivity index (χ0) is 26.9. The minimum absolute atomic E-state index is 0.0889. The molecule has 194 valence electrons. The summed E-state index contributed by atoms with van der Waals surface area (Å²) in [5, 5.41) is 10.7. The molecule has 1 aromatic heterocycles. The Labute approximate surface area is 213 Å². The molecule has 1 atom stereocenters. The quantitative estimate of drug-likeness (QED) is 0.160. The second-order valence-corrected chi connectivity index (χ2v) is 8.17. The number of rotatable bonds is 10. The predicted molar refractivity (Wildman–Crippen MR) is 137 cm³/mol. The Hall–Kier alpha value is -4.67. The summed E-state index contributed by atoms with van der Waals surface area (Å²) in [5.41, 5.74) is 11.4. The molecule has 0 radical (unpaired) electrons. The first-order valence-corrected chi connectivity index (χ1v) is 11.5. The van der Waals surface area contributed by atoms with Crippen molar-refractivity contribution in [2.45, 2.75) is 32.9 Å². The lowest BCUT2D eigenvalue weighted by Crippen LogP contribution is -2.45. The number of benzene rings is 2. The largest absolute Gasteiger partial charge is 0.490 e. The molecule has 10 nitrogen and oxygen atoms in total. The van der Waals surface area contributed by atoms with Crippen LogP contribution in [0.4, 0.5) is 10.1 Å². The van der Waals surface area contributed by atoms with E-state index in [0.29, 0.717) is 34.9 Å². The molecule has 6 N–H and O–H groups in total. The Balaban J connectivity index is 1.89. The van der Waals surface area contributed by atoms with Crippen LogP contribution in [0.15, 0.2) is 60.9 Å². The maximum absolute atomic E-state index is 13.9. The van der Waals surface area contributed by atoms with Gasteiger partial charge in [0.25, 0.3) is 11.8 Å². The van der Waals surface area contributed by atoms with E-state index in [-0.39, 0.29) is 17.5 Å². The minimum Gasteiger partial charge on any atom is -0.490 e. The van der Waals surface area contributed by atoms with Crippen molar-refractivity contribution in [1.29, 1.82) is 5.41 Å². The minimum atomic E-state index is -1.00. The normalized spacial score (nSPS) is 11.4. The molecular weight excluding hydrogens is 479 g/mol. The van der Waals surface area contributed by atoms with Gasteiger partial charge in [-0.15, -0.1) is 0 Å². The number of nitrogens with one attached hydrogen (secondary N) is 4. The van der Waals surface area contributed by atoms with E-state index in [1.807, 2.05) is 20.8 Å². The molecule has 0 spiro atoms. The molecule has 0 aliphatic heterocycles. The summed E-state index contributed by atoms with van der Waals surface area (Å²) < 4.78 is 25.5. The van der Waals surface area contributed by atoms with Crippen LogP contribution in [0.5, 0.6) is 11.5 Å². The van der Waals surface area contributed by atoms with Gasteiger partial charge in [-0.25, -0.2) is 4.39 Å². The van der Waals surface area contributed by atoms with Gasteiger partial charge in [-0.2, -0.15) is 0 Å². The number of hydrogen-bond donors (Lipinski definition) is 5. The third-order valence-electron chi connectivity index (χ3n) is 5.05. The first-order chi connectivity index (χ1) is 17.7. The van der Waals surface area contributed by atoms with Crippen molar-refractivity contribution in [2.75, 3.05) is 11.9 Å². The lowest BCUT2D eigenvalue weighted by Gasteiger charge is -2.22. The van der Waals surface area contributed by atoms with Gasteiger partial charge in [0.05, 0.1) is 24.5 Å². The van der Waals surface area contributed by atoms with Gasteiger partial charge in [0.1, 0.15) is 11.9 Å². The van der Waals surface area contributed by atoms with E-state index in [2.05, 4.69) is 21.2 Å². The number of carbonyl (C=O) groups is 2. The van der Waals surface area contributed by atoms with Crippen molar-refractivity contribution < 1.29 is 23.5 Å². The van der Waals surface area contributed by atoms with Gasteiger partial charge in [-0.3, -0.25) is 30.8 Å². The molecule has 37 heavy (non-hydrogen) atoms. The number of hydrogen-bond acceptors (Lipinski definition) is 7. The molecule has 0 aliphatic carbocycles. The molecule has 11 heteroatoms. The summed E-state index contributed by atoms with van der Waals surface area (Å²) in [6.45, 7) is 5.99. The SMILES string of the molecule is CCOc1cc(C(Nc2ccc(C(=N)N)cc2)C(=O)NNC(=O)c2ccncc2F)ccc1OC(C)C. The van der Waals surface area contributed by atoms with E-state index in [1.54, 1.807) is 42.5 Å². The fraction of sp³-hybridized carbons (Fsp3) is 0.231. The van der Waals surface area contributed by atoms with Crippen LogP contribution in [0.2, 0.25) is 0 Å². The lowest BCUT2D eigenvalue weighted by molar-refractivity contribution is -0.122. The van der Waals surface area contributed by atoms with E-state index in [4.69, 9.17) is 20.6 Å². The van der Waals surface area contributed by atoms with E-state index in [1.165, 1.54) is 12.3 Å². The van der Waals surface area contributed by atoms with Gasteiger partial charge in [-0.05, 0) is 68.8 Å². The van der Waals surface area contributed by atoms with Gasteiger partial charge in [-0.1, -0.05) is 6.07 Å². The van der Waals surface area contributed by atoms with Crippen molar-refractivity contribution in [3.05, 3.63) is 83.4 Å². The van der Waals surface area contributed by atoms with Crippen molar-refractivity contribution >= 4 is 23.3 Å². The van der Waals surface area contributed by atoms with E-state index >= 15 is 0 Å². The van der Waals surface area contributed by atoms with Crippen LogP contribution in [0, 0.1) is 11.2 Å². The number of anilines is 1. The molecule has 0 aliphatic rings. The zero-order valence-corrected chi connectivity index (χ0v) is 20.7. The summed E-state index contributed by atoms with van der Waals surface area (Å²) in [4.78, 5) is 29.3. The highest BCUT2D eigenvalue weighted by Crippen LogP contribution is 2.32. The van der Waals surface area contributed by atoms with Gasteiger partial charge in [0.15, 0.2) is 17.3 Å². The number of nitrogens with zero attached hydrogens (tertiary/aromatic N) is 1. The van der Waals surface area contributed by atoms with Crippen molar-refractivity contribution in [3.63, 3.8) is 0 Å². The number of nitrogen functional groups attached to an aromatic ring is 1. The maximum Gasteiger partial charge on any atom is 0.272 e. The Kier molecular flexibility index (Phi) is 8.98. The smallest absolute Gasteiger partial charge is 0.272 e. The molecule has 2 aromatic carbocycles. The molecule has 3 aromatic rings. The second-order valence-electron chi connectivity index (χ2n) is 8.17. The molecule has 0 fully saturated rings. The summed E-state index contributed by atoms with van der Waals surface area (Å²) in [6.07, 6.45) is 2.08. The standard InChI is InChI=1S/C26H29FN6O4/c1-4-36-22-13-17(7-10-21(22)37-15(2)3)23(31-18-8-5-16(6-9-18)24(28)29)26(35)33-32-25(34)19-11-12-30-14-20(19)27/h5-15,23,31H,4H2,1-3H3,(H3,28,29)(H,32,34)(H,33,35). The molecule has 1 unspecified atom stereocenters. The third-order valence-corrected chi connectivity index (χ3v) is 5.05. The van der Waals surface area contributed by atoms with Crippen LogP contribution in [-0.4, -0.2) is 35.3 Å². The molecular formula is C26H29FN6O4. The van der Waals surface area contributed by atoms with Gasteiger partial charge >= 0.3 is 0 Å². The monoisotopic (exact) mass is 508 g/mol. The van der Waals surface area contributed by atoms with Gasteiger partial charge < -0.3 is 20.5 Å². The van der Waals surface area contributed by atoms with Crippen LogP contribution >= 0.6 is 0 Å². The first-order valence-electron chi connectivity index (χ1n) is 11.5. The summed E-state index contributed by atoms with van der Waals surface area (Å²) in [7, 11) is 0. The molecule has 0 saturated heterocycles. The first kappa shape index (κ1) is 26.9. The Morgan fingerprint density at radius 3 is 2.43 bits per heavy atom. The van der Waals surface area contributed by atoms with Crippen molar-refractivity contribution in [2.24, 2.45) is 5.73 Å². The molecule has 2 amide bonds. The number of amidine groups is 1. The van der Waals surface area contributed by atoms with Gasteiger partial charge in [0.2, 0.25) is 0 Å². The fourth-order valence-corrected chi connectivity index (χ4v) is 3.35. The Morgan fingerprint density at radius 2 is 1.81 bits per heavy atom. The number of aromatic nitrogens is 1. The predicted octanol–water partition coefficient (Wildman–Crippen LogP) is 3.31. The number of ether oxygens (including phenoxy) is 2. The van der Waals surface area contributed by atoms with Crippen LogP contribution < -0.4 is 31.4 Å². The number of nitrogens with two attached hydrogens (primary N) is 1. The lowest BCUT2D eigenvalue weighted by atomic mass is 10.0. The average Bonchev–Trinajstić information content (AvgIpc) is 2.87. The maximum atomic E-state index is 13.9. The van der Waals surface area contributed by atoms with Crippen molar-refractivity contribution in [1.82, 2.24) is 15.8 Å². The molecule has 0 saturated carbocycles. The van der Waals surface area contributed by atoms with Crippen LogP contribution in [0.3, 0.4) is 0 Å². The van der Waals surface area contributed by atoms with Gasteiger partial charge in [0, 0.05) is 17.4 Å². The number of hydrazine groups is 1. The number of amides is 2. The van der Waals surface area contributed by atoms with Crippen LogP contribution in [0.1, 0.15) is 48.3 Å². The van der Waals surface area contributed by atoms with Crippen molar-refractivity contribution in [3.8, 4) is 11.5 Å². The topological polar surface area (TPSA) is 151 Å². The van der Waals surface area contributed by atoms with Crippen LogP contribution in [-0.2, 0) is 4.79 Å². The highest BCUT2D eigenvalue weighted by atomic mass is 19.1. The van der Waals surface area contributed by atoms with Crippen LogP contribution in [0.25, 0.3) is 0 Å². The highest BCUT2D eigenvalue weighted by molar-refractivity contribution is 5.97. The number of carbonyl (C=O) groups excluding carboxylic acids is 2. The zero-order valence-electron chi connectivity index (χ0n) is 20.7. The van der Waals surface area contributed by atoms with E-state index in [9.17, 15) is 14.0 Å². The number of halogens is 1. The second kappa shape index (κ2) is 12.3. The number of pyridine rings is 1. The summed E-state index contributed by atoms with van der Waals surface area (Å²) in [6, 6.07) is 11.9. The summed E-state index contributed by atoms with van der Waals surface area (Å²) in [5.74, 6) is -1.41. The highest BCUT2D eigenvalue weighted by Gasteiger charge is 2.24. The molecule has 1 heterocycles.